The maximum Gasteiger partial charge on any atom is 0.277 e. The summed E-state index contributed by atoms with van der Waals surface area (Å²) in [5, 5.41) is 10.2. The number of ether oxygens (including phenoxy) is 1. The summed E-state index contributed by atoms with van der Waals surface area (Å²) in [6.45, 7) is 1.66. The van der Waals surface area contributed by atoms with Gasteiger partial charge in [0.25, 0.3) is 11.1 Å². The number of nitrogens with one attached hydrogen (secondary N) is 1. The lowest BCUT2D eigenvalue weighted by Crippen LogP contribution is -2.19. The highest BCUT2D eigenvalue weighted by molar-refractivity contribution is 8.00. The number of thioether (sulfide) groups is 1. The van der Waals surface area contributed by atoms with Gasteiger partial charge in [-0.1, -0.05) is 42.5 Å². The summed E-state index contributed by atoms with van der Waals surface area (Å²) in [5.41, 5.74) is 1.18. The van der Waals surface area contributed by atoms with Gasteiger partial charge in [-0.05, 0) is 60.6 Å². The zero-order valence-electron chi connectivity index (χ0n) is 17.4. The Morgan fingerprint density at radius 3 is 2.39 bits per heavy atom. The summed E-state index contributed by atoms with van der Waals surface area (Å²) < 4.78 is 38.3. The molecule has 0 bridgehead atoms. The molecule has 33 heavy (non-hydrogen) atoms. The maximum absolute atomic E-state index is 13.9. The average Bonchev–Trinajstić information content (AvgIpc) is 3.30. The fourth-order valence-corrected chi connectivity index (χ4v) is 3.84. The molecule has 2 atom stereocenters. The van der Waals surface area contributed by atoms with Crippen molar-refractivity contribution < 1.29 is 22.7 Å². The summed E-state index contributed by atoms with van der Waals surface area (Å²) in [6, 6.07) is 20.6. The molecule has 1 aromatic heterocycles. The molecule has 4 aromatic rings. The number of carbonyl (C=O) groups is 1. The molecule has 0 spiro atoms. The van der Waals surface area contributed by atoms with Gasteiger partial charge in [0.05, 0.1) is 0 Å². The second-order valence-corrected chi connectivity index (χ2v) is 8.06. The minimum Gasteiger partial charge on any atom is -0.478 e. The van der Waals surface area contributed by atoms with Gasteiger partial charge in [0.15, 0.2) is 17.7 Å². The fourth-order valence-electron chi connectivity index (χ4n) is 2.96. The molecular weight excluding hydrogens is 448 g/mol. The van der Waals surface area contributed by atoms with Crippen molar-refractivity contribution in [2.45, 2.75) is 23.5 Å². The molecule has 1 N–H and O–H groups in total. The monoisotopic (exact) mass is 467 g/mol. The first kappa shape index (κ1) is 22.5. The van der Waals surface area contributed by atoms with Crippen LogP contribution in [0.15, 0.2) is 88.5 Å². The van der Waals surface area contributed by atoms with Gasteiger partial charge in [-0.3, -0.25) is 4.79 Å². The number of amides is 1. The highest BCUT2D eigenvalue weighted by Crippen LogP contribution is 2.36. The molecule has 6 nitrogen and oxygen atoms in total. The number of benzene rings is 3. The first-order valence-electron chi connectivity index (χ1n) is 10.0. The number of anilines is 1. The Kier molecular flexibility index (Phi) is 6.99. The number of para-hydroxylation sites is 1. The standard InChI is InChI=1S/C24H19F2N3O3S/c1-15(31-20-10-6-5-9-19(20)26)23-28-29-24(32-23)33-21(16-7-3-2-4-8-16)22(30)27-18-13-11-17(25)12-14-18/h2-15,21H,1H3,(H,27,30)/t15-,21+/m0/s1. The number of halogens is 2. The number of carbonyl (C=O) groups excluding carboxylic acids is 1. The van der Waals surface area contributed by atoms with Crippen molar-refractivity contribution in [3.8, 4) is 5.75 Å². The predicted molar refractivity (Wildman–Crippen MR) is 120 cm³/mol. The molecule has 0 aliphatic heterocycles. The molecule has 0 radical (unpaired) electrons. The Bertz CT molecular complexity index is 1220. The van der Waals surface area contributed by atoms with Crippen LogP contribution in [0.1, 0.15) is 29.7 Å². The Hall–Kier alpha value is -3.72. The third kappa shape index (κ3) is 5.75. The van der Waals surface area contributed by atoms with E-state index in [0.717, 1.165) is 17.3 Å². The second kappa shape index (κ2) is 10.3. The van der Waals surface area contributed by atoms with E-state index in [9.17, 15) is 13.6 Å². The topological polar surface area (TPSA) is 77.2 Å². The largest absolute Gasteiger partial charge is 0.478 e. The van der Waals surface area contributed by atoms with Crippen molar-refractivity contribution in [2.24, 2.45) is 0 Å². The van der Waals surface area contributed by atoms with Gasteiger partial charge in [0.2, 0.25) is 5.91 Å². The molecule has 9 heteroatoms. The Morgan fingerprint density at radius 2 is 1.67 bits per heavy atom. The van der Waals surface area contributed by atoms with E-state index in [1.165, 1.54) is 36.4 Å². The van der Waals surface area contributed by atoms with Crippen molar-refractivity contribution in [2.75, 3.05) is 5.32 Å². The van der Waals surface area contributed by atoms with Gasteiger partial charge in [-0.25, -0.2) is 8.78 Å². The lowest BCUT2D eigenvalue weighted by atomic mass is 10.1. The van der Waals surface area contributed by atoms with Gasteiger partial charge in [0, 0.05) is 5.69 Å². The summed E-state index contributed by atoms with van der Waals surface area (Å²) in [4.78, 5) is 13.0. The van der Waals surface area contributed by atoms with E-state index in [-0.39, 0.29) is 22.8 Å². The molecule has 0 fully saturated rings. The van der Waals surface area contributed by atoms with Crippen LogP contribution >= 0.6 is 11.8 Å². The Balaban J connectivity index is 1.51. The molecule has 0 saturated heterocycles. The zero-order chi connectivity index (χ0) is 23.2. The van der Waals surface area contributed by atoms with E-state index >= 15 is 0 Å². The van der Waals surface area contributed by atoms with E-state index in [1.807, 2.05) is 30.3 Å². The van der Waals surface area contributed by atoms with Crippen molar-refractivity contribution >= 4 is 23.4 Å². The van der Waals surface area contributed by atoms with E-state index in [2.05, 4.69) is 15.5 Å². The fraction of sp³-hybridized carbons (Fsp3) is 0.125. The lowest BCUT2D eigenvalue weighted by molar-refractivity contribution is -0.115. The van der Waals surface area contributed by atoms with E-state index in [1.54, 1.807) is 19.1 Å². The molecular formula is C24H19F2N3O3S. The van der Waals surface area contributed by atoms with Gasteiger partial charge in [-0.15, -0.1) is 10.2 Å². The highest BCUT2D eigenvalue weighted by atomic mass is 32.2. The molecule has 0 saturated carbocycles. The van der Waals surface area contributed by atoms with Gasteiger partial charge >= 0.3 is 0 Å². The molecule has 0 aliphatic rings. The Labute approximate surface area is 193 Å². The van der Waals surface area contributed by atoms with Gasteiger partial charge in [0.1, 0.15) is 11.1 Å². The van der Waals surface area contributed by atoms with Crippen LogP contribution in [0.3, 0.4) is 0 Å². The number of nitrogens with zero attached hydrogens (tertiary/aromatic N) is 2. The van der Waals surface area contributed by atoms with Crippen LogP contribution in [0, 0.1) is 11.6 Å². The predicted octanol–water partition coefficient (Wildman–Crippen LogP) is 5.96. The zero-order valence-corrected chi connectivity index (χ0v) is 18.3. The smallest absolute Gasteiger partial charge is 0.277 e. The van der Waals surface area contributed by atoms with Gasteiger partial charge in [-0.2, -0.15) is 0 Å². The van der Waals surface area contributed by atoms with Crippen molar-refractivity contribution in [3.05, 3.63) is 102 Å². The molecule has 0 unspecified atom stereocenters. The Morgan fingerprint density at radius 1 is 0.970 bits per heavy atom. The number of rotatable bonds is 8. The lowest BCUT2D eigenvalue weighted by Gasteiger charge is -2.15. The molecule has 0 aliphatic carbocycles. The highest BCUT2D eigenvalue weighted by Gasteiger charge is 2.26. The van der Waals surface area contributed by atoms with Crippen LogP contribution in [0.5, 0.6) is 5.75 Å². The van der Waals surface area contributed by atoms with Crippen LogP contribution in [-0.2, 0) is 4.79 Å². The van der Waals surface area contributed by atoms with Crippen molar-refractivity contribution in [1.29, 1.82) is 0 Å². The molecule has 1 heterocycles. The van der Waals surface area contributed by atoms with Crippen molar-refractivity contribution in [1.82, 2.24) is 10.2 Å². The van der Waals surface area contributed by atoms with Crippen LogP contribution in [0.4, 0.5) is 14.5 Å². The molecule has 3 aromatic carbocycles. The molecule has 168 valence electrons. The normalized spacial score (nSPS) is 12.7. The van der Waals surface area contributed by atoms with E-state index < -0.39 is 23.0 Å². The van der Waals surface area contributed by atoms with Crippen molar-refractivity contribution in [3.63, 3.8) is 0 Å². The second-order valence-electron chi connectivity index (χ2n) is 7.00. The van der Waals surface area contributed by atoms with E-state index in [0.29, 0.717) is 5.69 Å². The van der Waals surface area contributed by atoms with Crippen LogP contribution in [-0.4, -0.2) is 16.1 Å². The average molecular weight is 467 g/mol. The third-order valence-corrected chi connectivity index (χ3v) is 5.67. The summed E-state index contributed by atoms with van der Waals surface area (Å²) >= 11 is 1.06. The summed E-state index contributed by atoms with van der Waals surface area (Å²) in [6.07, 6.45) is -0.702. The third-order valence-electron chi connectivity index (χ3n) is 4.58. The van der Waals surface area contributed by atoms with Gasteiger partial charge < -0.3 is 14.5 Å². The first-order chi connectivity index (χ1) is 16.0. The minimum atomic E-state index is -0.715. The SMILES string of the molecule is C[C@H](Oc1ccccc1F)c1nnc(S[C@@H](C(=O)Nc2ccc(F)cc2)c2ccccc2)o1. The summed E-state index contributed by atoms with van der Waals surface area (Å²) in [5.74, 6) is -1.02. The number of hydrogen-bond acceptors (Lipinski definition) is 6. The maximum atomic E-state index is 13.9. The number of hydrogen-bond donors (Lipinski definition) is 1. The van der Waals surface area contributed by atoms with Crippen LogP contribution in [0.25, 0.3) is 0 Å². The molecule has 1 amide bonds. The molecule has 4 rings (SSSR count). The van der Waals surface area contributed by atoms with Crippen LogP contribution < -0.4 is 10.1 Å². The van der Waals surface area contributed by atoms with Crippen LogP contribution in [0.2, 0.25) is 0 Å². The summed E-state index contributed by atoms with van der Waals surface area (Å²) in [7, 11) is 0. The first-order valence-corrected chi connectivity index (χ1v) is 10.9. The quantitative estimate of drug-likeness (QED) is 0.322. The minimum absolute atomic E-state index is 0.0678. The van der Waals surface area contributed by atoms with E-state index in [4.69, 9.17) is 9.15 Å². The number of aromatic nitrogens is 2.